The van der Waals surface area contributed by atoms with Gasteiger partial charge in [-0.1, -0.05) is 23.7 Å². The number of hydrogen-bond donors (Lipinski definition) is 2. The van der Waals surface area contributed by atoms with Gasteiger partial charge in [0.25, 0.3) is 0 Å². The van der Waals surface area contributed by atoms with Crippen LogP contribution in [-0.4, -0.2) is 9.97 Å². The summed E-state index contributed by atoms with van der Waals surface area (Å²) in [6.07, 6.45) is -2.99. The van der Waals surface area contributed by atoms with Crippen molar-refractivity contribution in [1.82, 2.24) is 9.97 Å². The van der Waals surface area contributed by atoms with Gasteiger partial charge in [-0.3, -0.25) is 0 Å². The van der Waals surface area contributed by atoms with Gasteiger partial charge in [0.2, 0.25) is 5.95 Å². The Morgan fingerprint density at radius 3 is 2.45 bits per heavy atom. The van der Waals surface area contributed by atoms with E-state index in [0.29, 0.717) is 11.4 Å². The minimum atomic E-state index is -4.34. The van der Waals surface area contributed by atoms with Crippen LogP contribution in [0.3, 0.4) is 0 Å². The molecule has 0 unspecified atom stereocenters. The highest BCUT2D eigenvalue weighted by molar-refractivity contribution is 6.32. The fourth-order valence-electron chi connectivity index (χ4n) is 1.50. The summed E-state index contributed by atoms with van der Waals surface area (Å²) >= 11 is 5.86. The predicted octanol–water partition coefficient (Wildman–Crippen LogP) is 3.34. The van der Waals surface area contributed by atoms with Crippen LogP contribution in [0.1, 0.15) is 11.1 Å². The van der Waals surface area contributed by atoms with Crippen LogP contribution in [0.25, 0.3) is 0 Å². The maximum absolute atomic E-state index is 12.4. The van der Waals surface area contributed by atoms with Crippen molar-refractivity contribution in [3.8, 4) is 0 Å². The van der Waals surface area contributed by atoms with Gasteiger partial charge >= 0.3 is 6.18 Å². The normalized spacial score (nSPS) is 11.4. The fraction of sp³-hybridized carbons (Fsp3) is 0.167. The smallest absolute Gasteiger partial charge is 0.368 e. The van der Waals surface area contributed by atoms with Crippen LogP contribution in [0.4, 0.5) is 24.9 Å². The van der Waals surface area contributed by atoms with Gasteiger partial charge in [0, 0.05) is 6.54 Å². The molecule has 0 aliphatic heterocycles. The van der Waals surface area contributed by atoms with Gasteiger partial charge in [-0.25, -0.2) is 4.98 Å². The molecule has 3 N–H and O–H groups in total. The molecule has 106 valence electrons. The molecule has 8 heteroatoms. The summed E-state index contributed by atoms with van der Waals surface area (Å²) in [4.78, 5) is 7.59. The third-order valence-electron chi connectivity index (χ3n) is 2.50. The lowest BCUT2D eigenvalue weighted by molar-refractivity contribution is -0.137. The number of benzene rings is 1. The fourth-order valence-corrected chi connectivity index (χ4v) is 1.66. The summed E-state index contributed by atoms with van der Waals surface area (Å²) < 4.78 is 37.2. The summed E-state index contributed by atoms with van der Waals surface area (Å²) in [5.74, 6) is 0.392. The first-order chi connectivity index (χ1) is 9.36. The maximum Gasteiger partial charge on any atom is 0.416 e. The summed E-state index contributed by atoms with van der Waals surface area (Å²) in [6.45, 7) is 0.272. The second-order valence-electron chi connectivity index (χ2n) is 3.97. The third-order valence-corrected chi connectivity index (χ3v) is 2.78. The monoisotopic (exact) mass is 302 g/mol. The van der Waals surface area contributed by atoms with Crippen LogP contribution in [0.2, 0.25) is 5.02 Å². The van der Waals surface area contributed by atoms with E-state index in [4.69, 9.17) is 17.3 Å². The van der Waals surface area contributed by atoms with E-state index in [-0.39, 0.29) is 17.5 Å². The van der Waals surface area contributed by atoms with Crippen LogP contribution in [0.5, 0.6) is 0 Å². The van der Waals surface area contributed by atoms with E-state index in [1.54, 1.807) is 0 Å². The number of aromatic nitrogens is 2. The predicted molar refractivity (Wildman–Crippen MR) is 70.2 cm³/mol. The maximum atomic E-state index is 12.4. The zero-order chi connectivity index (χ0) is 14.8. The Morgan fingerprint density at radius 1 is 1.20 bits per heavy atom. The second-order valence-corrected chi connectivity index (χ2v) is 4.38. The number of rotatable bonds is 3. The Bertz CT molecular complexity index is 599. The molecule has 0 radical (unpaired) electrons. The van der Waals surface area contributed by atoms with Gasteiger partial charge in [-0.05, 0) is 17.7 Å². The number of nitrogens with one attached hydrogen (secondary N) is 1. The van der Waals surface area contributed by atoms with Crippen molar-refractivity contribution in [3.05, 3.63) is 46.6 Å². The molecule has 4 nitrogen and oxygen atoms in total. The third kappa shape index (κ3) is 3.51. The van der Waals surface area contributed by atoms with Crippen LogP contribution in [0.15, 0.2) is 30.5 Å². The molecule has 0 aliphatic rings. The molecule has 0 atom stereocenters. The molecule has 0 bridgehead atoms. The highest BCUT2D eigenvalue weighted by Crippen LogP contribution is 2.29. The standard InChI is InChI=1S/C12H10ClF3N4/c13-9-6-19-11(17)20-10(9)18-5-7-1-3-8(4-2-7)12(14,15)16/h1-4,6H,5H2,(H3,17,18,19,20). The quantitative estimate of drug-likeness (QED) is 0.912. The van der Waals surface area contributed by atoms with Crippen molar-refractivity contribution in [2.45, 2.75) is 12.7 Å². The van der Waals surface area contributed by atoms with Crippen molar-refractivity contribution < 1.29 is 13.2 Å². The molecule has 1 heterocycles. The van der Waals surface area contributed by atoms with E-state index in [9.17, 15) is 13.2 Å². The summed E-state index contributed by atoms with van der Waals surface area (Å²) in [7, 11) is 0. The number of nitrogens with two attached hydrogens (primary N) is 1. The van der Waals surface area contributed by atoms with Gasteiger partial charge in [0.05, 0.1) is 11.8 Å². The Balaban J connectivity index is 2.06. The minimum absolute atomic E-state index is 0.0596. The minimum Gasteiger partial charge on any atom is -0.368 e. The molecule has 0 aliphatic carbocycles. The van der Waals surface area contributed by atoms with Crippen LogP contribution < -0.4 is 11.1 Å². The van der Waals surface area contributed by atoms with E-state index in [0.717, 1.165) is 12.1 Å². The number of nitrogen functional groups attached to an aromatic ring is 1. The van der Waals surface area contributed by atoms with Gasteiger partial charge in [0.1, 0.15) is 5.02 Å². The van der Waals surface area contributed by atoms with Crippen molar-refractivity contribution >= 4 is 23.4 Å². The zero-order valence-corrected chi connectivity index (χ0v) is 10.8. The molecule has 2 rings (SSSR count). The lowest BCUT2D eigenvalue weighted by Crippen LogP contribution is -2.07. The molecule has 1 aromatic carbocycles. The second kappa shape index (κ2) is 5.54. The van der Waals surface area contributed by atoms with Crippen LogP contribution in [0, 0.1) is 0 Å². The van der Waals surface area contributed by atoms with E-state index in [1.807, 2.05) is 0 Å². The first kappa shape index (κ1) is 14.4. The first-order valence-corrected chi connectivity index (χ1v) is 5.92. The molecule has 0 saturated heterocycles. The lowest BCUT2D eigenvalue weighted by Gasteiger charge is -2.09. The molecule has 2 aromatic rings. The van der Waals surface area contributed by atoms with Gasteiger partial charge in [-0.2, -0.15) is 18.2 Å². The van der Waals surface area contributed by atoms with E-state index >= 15 is 0 Å². The summed E-state index contributed by atoms with van der Waals surface area (Å²) in [5.41, 5.74) is 5.39. The van der Waals surface area contributed by atoms with Gasteiger partial charge in [-0.15, -0.1) is 0 Å². The summed E-state index contributed by atoms with van der Waals surface area (Å²) in [5, 5.41) is 3.17. The average molecular weight is 303 g/mol. The Hall–Kier alpha value is -2.02. The van der Waals surface area contributed by atoms with E-state index < -0.39 is 11.7 Å². The lowest BCUT2D eigenvalue weighted by atomic mass is 10.1. The molecule has 0 amide bonds. The van der Waals surface area contributed by atoms with Crippen LogP contribution in [-0.2, 0) is 12.7 Å². The number of nitrogens with zero attached hydrogens (tertiary/aromatic N) is 2. The zero-order valence-electron chi connectivity index (χ0n) is 10.1. The Morgan fingerprint density at radius 2 is 1.85 bits per heavy atom. The Labute approximate surface area is 117 Å². The van der Waals surface area contributed by atoms with Gasteiger partial charge < -0.3 is 11.1 Å². The molecule has 0 fully saturated rings. The molecule has 0 spiro atoms. The number of hydrogen-bond acceptors (Lipinski definition) is 4. The number of anilines is 2. The number of halogens is 4. The topological polar surface area (TPSA) is 63.8 Å². The SMILES string of the molecule is Nc1ncc(Cl)c(NCc2ccc(C(F)(F)F)cc2)n1. The molecule has 0 saturated carbocycles. The van der Waals surface area contributed by atoms with Crippen molar-refractivity contribution in [2.75, 3.05) is 11.1 Å². The highest BCUT2D eigenvalue weighted by Gasteiger charge is 2.29. The largest absolute Gasteiger partial charge is 0.416 e. The molecule has 20 heavy (non-hydrogen) atoms. The molecular formula is C12H10ClF3N4. The average Bonchev–Trinajstić information content (AvgIpc) is 2.39. The number of alkyl halides is 3. The van der Waals surface area contributed by atoms with E-state index in [2.05, 4.69) is 15.3 Å². The summed E-state index contributed by atoms with van der Waals surface area (Å²) in [6, 6.07) is 4.81. The van der Waals surface area contributed by atoms with Gasteiger partial charge in [0.15, 0.2) is 5.82 Å². The van der Waals surface area contributed by atoms with E-state index in [1.165, 1.54) is 18.3 Å². The Kier molecular flexibility index (Phi) is 3.99. The van der Waals surface area contributed by atoms with Crippen molar-refractivity contribution in [3.63, 3.8) is 0 Å². The first-order valence-electron chi connectivity index (χ1n) is 5.54. The van der Waals surface area contributed by atoms with Crippen molar-refractivity contribution in [2.24, 2.45) is 0 Å². The molecular weight excluding hydrogens is 293 g/mol. The highest BCUT2D eigenvalue weighted by atomic mass is 35.5. The van der Waals surface area contributed by atoms with Crippen LogP contribution >= 0.6 is 11.6 Å². The molecule has 1 aromatic heterocycles. The van der Waals surface area contributed by atoms with Crippen molar-refractivity contribution in [1.29, 1.82) is 0 Å².